The van der Waals surface area contributed by atoms with Crippen molar-refractivity contribution in [1.82, 2.24) is 0 Å². The number of aliphatic carboxylic acids is 1. The maximum absolute atomic E-state index is 9.75. The van der Waals surface area contributed by atoms with Crippen LogP contribution in [-0.4, -0.2) is 11.1 Å². The number of carboxylic acids is 1. The number of carbonyl (C=O) groups is 1. The van der Waals surface area contributed by atoms with Gasteiger partial charge in [0, 0.05) is 28.5 Å². The second-order valence-electron chi connectivity index (χ2n) is 1.22. The van der Waals surface area contributed by atoms with E-state index >= 15 is 0 Å². The van der Waals surface area contributed by atoms with Crippen molar-refractivity contribution in [1.29, 1.82) is 0 Å². The Morgan fingerprint density at radius 1 is 1.44 bits per heavy atom. The summed E-state index contributed by atoms with van der Waals surface area (Å²) in [7, 11) is 0. The Balaban J connectivity index is 0. The zero-order valence-corrected chi connectivity index (χ0v) is 7.13. The van der Waals surface area contributed by atoms with Gasteiger partial charge in [0.2, 0.25) is 0 Å². The van der Waals surface area contributed by atoms with Crippen LogP contribution in [0.5, 0.6) is 0 Å². The van der Waals surface area contributed by atoms with E-state index in [1.54, 1.807) is 12.2 Å². The molecular formula is C6H8AuO2. The minimum absolute atomic E-state index is 0. The quantitative estimate of drug-likeness (QED) is 0.473. The van der Waals surface area contributed by atoms with Crippen LogP contribution in [-0.2, 0) is 27.2 Å². The average molecular weight is 309 g/mol. The van der Waals surface area contributed by atoms with E-state index in [1.807, 2.05) is 6.92 Å². The molecule has 0 bridgehead atoms. The monoisotopic (exact) mass is 309 g/mol. The first kappa shape index (κ1) is 11.5. The summed E-state index contributed by atoms with van der Waals surface area (Å²) in [5, 5.41) is 8.02. The summed E-state index contributed by atoms with van der Waals surface area (Å²) in [6.07, 6.45) is 5.98. The Labute approximate surface area is 69.8 Å². The molecule has 0 aliphatic carbocycles. The van der Waals surface area contributed by atoms with Crippen LogP contribution in [0, 0.1) is 0 Å². The van der Waals surface area contributed by atoms with Crippen LogP contribution in [0.2, 0.25) is 0 Å². The van der Waals surface area contributed by atoms with Crippen molar-refractivity contribution in [3.8, 4) is 0 Å². The molecule has 0 saturated heterocycles. The molecule has 9 heavy (non-hydrogen) atoms. The third-order valence-corrected chi connectivity index (χ3v) is 0.542. The van der Waals surface area contributed by atoms with Gasteiger partial charge in [0.05, 0.1) is 0 Å². The first-order valence-electron chi connectivity index (χ1n) is 2.29. The van der Waals surface area contributed by atoms with Crippen molar-refractivity contribution in [3.63, 3.8) is 0 Å². The Morgan fingerprint density at radius 2 is 2.00 bits per heavy atom. The molecule has 0 rings (SSSR count). The molecule has 0 atom stereocenters. The van der Waals surface area contributed by atoms with Crippen molar-refractivity contribution >= 4 is 5.97 Å². The fraction of sp³-hybridized carbons (Fsp3) is 0.167. The van der Waals surface area contributed by atoms with Gasteiger partial charge in [-0.1, -0.05) is 18.2 Å². The van der Waals surface area contributed by atoms with E-state index in [0.717, 1.165) is 6.08 Å². The van der Waals surface area contributed by atoms with Gasteiger partial charge in [-0.3, -0.25) is 0 Å². The third kappa shape index (κ3) is 11.3. The summed E-state index contributed by atoms with van der Waals surface area (Å²) in [5.74, 6) is -0.914. The van der Waals surface area contributed by atoms with Crippen molar-refractivity contribution < 1.29 is 32.3 Å². The van der Waals surface area contributed by atoms with Crippen molar-refractivity contribution in [2.45, 2.75) is 6.92 Å². The Bertz CT molecular complexity index is 127. The summed E-state index contributed by atoms with van der Waals surface area (Å²) < 4.78 is 0. The Morgan fingerprint density at radius 3 is 2.33 bits per heavy atom. The molecule has 0 heterocycles. The zero-order chi connectivity index (χ0) is 6.41. The van der Waals surface area contributed by atoms with Gasteiger partial charge in [0.25, 0.3) is 0 Å². The summed E-state index contributed by atoms with van der Waals surface area (Å²) in [5.41, 5.74) is 0. The maximum Gasteiger partial charge on any atom is 0.328 e. The fourth-order valence-corrected chi connectivity index (χ4v) is 0.249. The van der Waals surface area contributed by atoms with E-state index < -0.39 is 5.97 Å². The van der Waals surface area contributed by atoms with Crippen LogP contribution in [0.25, 0.3) is 0 Å². The standard InChI is InChI=1S/C6H8O2.Au/c1-2-3-4-5-6(7)8;/h2-5H,1H3,(H,7,8);/b3-2+,5-4+;. The van der Waals surface area contributed by atoms with Crippen LogP contribution in [0.15, 0.2) is 24.3 Å². The van der Waals surface area contributed by atoms with E-state index in [9.17, 15) is 4.79 Å². The first-order chi connectivity index (χ1) is 3.77. The molecule has 0 aliphatic heterocycles. The molecule has 0 spiro atoms. The predicted octanol–water partition coefficient (Wildman–Crippen LogP) is 1.20. The van der Waals surface area contributed by atoms with Gasteiger partial charge in [-0.2, -0.15) is 0 Å². The average Bonchev–Trinajstić information content (AvgIpc) is 1.66. The molecule has 0 aromatic carbocycles. The second kappa shape index (κ2) is 7.69. The number of carboxylic acid groups (broad SMARTS) is 1. The second-order valence-corrected chi connectivity index (χ2v) is 1.22. The minimum atomic E-state index is -0.914. The molecule has 2 nitrogen and oxygen atoms in total. The number of rotatable bonds is 2. The van der Waals surface area contributed by atoms with Crippen LogP contribution in [0.3, 0.4) is 0 Å². The van der Waals surface area contributed by atoms with E-state index in [-0.39, 0.29) is 22.4 Å². The summed E-state index contributed by atoms with van der Waals surface area (Å²) in [6, 6.07) is 0. The SMILES string of the molecule is C/C=C/C=C/C(=O)O.[Au]. The van der Waals surface area contributed by atoms with Gasteiger partial charge in [0.15, 0.2) is 0 Å². The summed E-state index contributed by atoms with van der Waals surface area (Å²) in [6.45, 7) is 1.83. The van der Waals surface area contributed by atoms with Gasteiger partial charge in [-0.25, -0.2) is 4.79 Å². The predicted molar refractivity (Wildman–Crippen MR) is 31.6 cm³/mol. The van der Waals surface area contributed by atoms with Crippen molar-refractivity contribution in [3.05, 3.63) is 24.3 Å². The Kier molecular flexibility index (Phi) is 9.81. The largest absolute Gasteiger partial charge is 0.478 e. The third-order valence-electron chi connectivity index (χ3n) is 0.542. The molecule has 0 amide bonds. The minimum Gasteiger partial charge on any atom is -0.478 e. The molecule has 0 fully saturated rings. The van der Waals surface area contributed by atoms with Gasteiger partial charge < -0.3 is 5.11 Å². The van der Waals surface area contributed by atoms with Crippen LogP contribution in [0.1, 0.15) is 6.92 Å². The normalized spacial score (nSPS) is 9.89. The number of allylic oxidation sites excluding steroid dienone is 3. The molecule has 1 N–H and O–H groups in total. The molecule has 0 aliphatic rings. The van der Waals surface area contributed by atoms with Gasteiger partial charge in [-0.05, 0) is 6.92 Å². The van der Waals surface area contributed by atoms with Crippen molar-refractivity contribution in [2.24, 2.45) is 0 Å². The smallest absolute Gasteiger partial charge is 0.328 e. The molecule has 0 saturated carbocycles. The first-order valence-corrected chi connectivity index (χ1v) is 2.29. The molecule has 0 aromatic rings. The zero-order valence-electron chi connectivity index (χ0n) is 4.97. The maximum atomic E-state index is 9.75. The van der Waals surface area contributed by atoms with Crippen LogP contribution in [0.4, 0.5) is 0 Å². The van der Waals surface area contributed by atoms with Gasteiger partial charge >= 0.3 is 5.97 Å². The topological polar surface area (TPSA) is 37.3 Å². The molecule has 55 valence electrons. The molecule has 0 aromatic heterocycles. The molecule has 0 unspecified atom stereocenters. The van der Waals surface area contributed by atoms with Gasteiger partial charge in [-0.15, -0.1) is 0 Å². The summed E-state index contributed by atoms with van der Waals surface area (Å²) in [4.78, 5) is 9.75. The molecule has 1 radical (unpaired) electrons. The number of hydrogen-bond acceptors (Lipinski definition) is 1. The van der Waals surface area contributed by atoms with E-state index in [4.69, 9.17) is 5.11 Å². The molecule has 3 heteroatoms. The summed E-state index contributed by atoms with van der Waals surface area (Å²) >= 11 is 0. The Hall–Kier alpha value is -0.310. The fourth-order valence-electron chi connectivity index (χ4n) is 0.249. The van der Waals surface area contributed by atoms with Crippen LogP contribution >= 0.6 is 0 Å². The van der Waals surface area contributed by atoms with Crippen LogP contribution < -0.4 is 0 Å². The molecular weight excluding hydrogens is 301 g/mol. The van der Waals surface area contributed by atoms with E-state index in [1.165, 1.54) is 6.08 Å². The van der Waals surface area contributed by atoms with E-state index in [2.05, 4.69) is 0 Å². The van der Waals surface area contributed by atoms with Crippen molar-refractivity contribution in [2.75, 3.05) is 0 Å². The van der Waals surface area contributed by atoms with E-state index in [0.29, 0.717) is 0 Å². The van der Waals surface area contributed by atoms with Gasteiger partial charge in [0.1, 0.15) is 0 Å². The number of hydrogen-bond donors (Lipinski definition) is 1.